The molecule has 0 aliphatic carbocycles. The summed E-state index contributed by atoms with van der Waals surface area (Å²) in [5, 5.41) is 3.23. The van der Waals surface area contributed by atoms with Crippen molar-refractivity contribution in [1.82, 2.24) is 5.32 Å². The van der Waals surface area contributed by atoms with E-state index in [2.05, 4.69) is 15.0 Å². The molecule has 0 spiro atoms. The predicted molar refractivity (Wildman–Crippen MR) is 87.1 cm³/mol. The van der Waals surface area contributed by atoms with Crippen LogP contribution in [-0.2, 0) is 9.53 Å². The van der Waals surface area contributed by atoms with Gasteiger partial charge in [0, 0.05) is 11.6 Å². The molecule has 0 heterocycles. The number of carbonyl (C=O) groups is 1. The van der Waals surface area contributed by atoms with Crippen LogP contribution in [0.15, 0.2) is 29.3 Å². The van der Waals surface area contributed by atoms with Gasteiger partial charge in [0.1, 0.15) is 18.2 Å². The van der Waals surface area contributed by atoms with Crippen LogP contribution in [0.2, 0.25) is 0 Å². The van der Waals surface area contributed by atoms with Gasteiger partial charge in [0.25, 0.3) is 0 Å². The smallest absolute Gasteiger partial charge is 0.327 e. The molecule has 0 saturated carbocycles. The van der Waals surface area contributed by atoms with Crippen LogP contribution in [0.3, 0.4) is 0 Å². The largest absolute Gasteiger partial charge is 0.468 e. The number of amidine groups is 1. The Bertz CT molecular complexity index is 592. The lowest BCUT2D eigenvalue weighted by atomic mass is 10.1. The van der Waals surface area contributed by atoms with Crippen molar-refractivity contribution in [1.29, 1.82) is 0 Å². The fraction of sp³-hybridized carbons (Fsp3) is 0.412. The molecule has 0 unspecified atom stereocenters. The minimum Gasteiger partial charge on any atom is -0.468 e. The summed E-state index contributed by atoms with van der Waals surface area (Å²) < 4.78 is 18.0. The fourth-order valence-electron chi connectivity index (χ4n) is 1.84. The molecule has 120 valence electrons. The highest BCUT2D eigenvalue weighted by Crippen LogP contribution is 2.16. The quantitative estimate of drug-likeness (QED) is 0.516. The maximum atomic E-state index is 13.4. The van der Waals surface area contributed by atoms with Crippen molar-refractivity contribution in [3.05, 3.63) is 41.2 Å². The Hall–Kier alpha value is -2.17. The first-order valence-electron chi connectivity index (χ1n) is 7.20. The van der Waals surface area contributed by atoms with Gasteiger partial charge in [0.15, 0.2) is 0 Å². The molecule has 0 aromatic heterocycles. The molecule has 1 rings (SSSR count). The van der Waals surface area contributed by atoms with Crippen LogP contribution in [0.4, 0.5) is 4.39 Å². The van der Waals surface area contributed by atoms with Gasteiger partial charge in [-0.25, -0.2) is 4.39 Å². The minimum atomic E-state index is -0.389. The van der Waals surface area contributed by atoms with E-state index in [1.807, 2.05) is 26.8 Å². The van der Waals surface area contributed by atoms with Crippen molar-refractivity contribution < 1.29 is 13.9 Å². The highest BCUT2D eigenvalue weighted by Gasteiger charge is 2.11. The molecule has 0 atom stereocenters. The van der Waals surface area contributed by atoms with E-state index in [4.69, 9.17) is 0 Å². The number of ether oxygens (including phenoxy) is 1. The van der Waals surface area contributed by atoms with E-state index >= 15 is 0 Å². The van der Waals surface area contributed by atoms with Gasteiger partial charge in [-0.2, -0.15) is 0 Å². The summed E-state index contributed by atoms with van der Waals surface area (Å²) in [6.07, 6.45) is 1.89. The van der Waals surface area contributed by atoms with Gasteiger partial charge in [0.05, 0.1) is 7.11 Å². The summed E-state index contributed by atoms with van der Waals surface area (Å²) in [4.78, 5) is 15.5. The number of carbonyl (C=O) groups excluding carboxylic acids is 1. The lowest BCUT2D eigenvalue weighted by Gasteiger charge is -2.17. The summed E-state index contributed by atoms with van der Waals surface area (Å²) in [6, 6.07) is 4.93. The first-order valence-corrected chi connectivity index (χ1v) is 7.20. The summed E-state index contributed by atoms with van der Waals surface area (Å²) in [6.45, 7) is 7.54. The number of aryl methyl sites for hydroxylation is 1. The molecule has 5 heteroatoms. The topological polar surface area (TPSA) is 50.7 Å². The van der Waals surface area contributed by atoms with Crippen molar-refractivity contribution in [3.8, 4) is 0 Å². The highest BCUT2D eigenvalue weighted by atomic mass is 19.1. The molecule has 1 aromatic rings. The molecule has 22 heavy (non-hydrogen) atoms. The highest BCUT2D eigenvalue weighted by molar-refractivity contribution is 5.93. The predicted octanol–water partition coefficient (Wildman–Crippen LogP) is 3.31. The van der Waals surface area contributed by atoms with Crippen LogP contribution in [-0.4, -0.2) is 25.5 Å². The van der Waals surface area contributed by atoms with Crippen molar-refractivity contribution in [3.63, 3.8) is 0 Å². The zero-order chi connectivity index (χ0) is 16.7. The summed E-state index contributed by atoms with van der Waals surface area (Å²) >= 11 is 0. The Labute approximate surface area is 131 Å². The second-order valence-electron chi connectivity index (χ2n) is 5.22. The van der Waals surface area contributed by atoms with Crippen molar-refractivity contribution >= 4 is 17.5 Å². The van der Waals surface area contributed by atoms with Crippen molar-refractivity contribution in [2.24, 2.45) is 10.9 Å². The van der Waals surface area contributed by atoms with Gasteiger partial charge in [0.2, 0.25) is 0 Å². The number of halogens is 1. The Kier molecular flexibility index (Phi) is 6.76. The standard InChI is InChI=1S/C17H23FN2O2/c1-6-15(13-7-8-14(18)12(4)9-13)20-17(11(2)3)19-10-16(21)22-5/h6-9,11H,10H2,1-5H3,(H,19,20). The lowest BCUT2D eigenvalue weighted by Crippen LogP contribution is -2.28. The SMILES string of the molecule is CC=C(NC(=NCC(=O)OC)C(C)C)c1ccc(F)c(C)c1. The van der Waals surface area contributed by atoms with Crippen LogP contribution >= 0.6 is 0 Å². The van der Waals surface area contributed by atoms with Crippen molar-refractivity contribution in [2.75, 3.05) is 13.7 Å². The summed E-state index contributed by atoms with van der Waals surface area (Å²) in [7, 11) is 1.33. The van der Waals surface area contributed by atoms with Gasteiger partial charge in [-0.05, 0) is 43.2 Å². The molecule has 1 N–H and O–H groups in total. The molecule has 0 bridgehead atoms. The van der Waals surface area contributed by atoms with Crippen LogP contribution in [0, 0.1) is 18.7 Å². The number of esters is 1. The van der Waals surface area contributed by atoms with Gasteiger partial charge in [-0.15, -0.1) is 0 Å². The number of hydrogen-bond acceptors (Lipinski definition) is 3. The molecule has 0 saturated heterocycles. The minimum absolute atomic E-state index is 0.0313. The summed E-state index contributed by atoms with van der Waals surface area (Å²) in [5.74, 6) is 0.170. The lowest BCUT2D eigenvalue weighted by molar-refractivity contribution is -0.138. The molecule has 0 radical (unpaired) electrons. The molecule has 0 fully saturated rings. The second-order valence-corrected chi connectivity index (χ2v) is 5.22. The van der Waals surface area contributed by atoms with Crippen LogP contribution in [0.5, 0.6) is 0 Å². The average Bonchev–Trinajstić information content (AvgIpc) is 2.49. The molecule has 0 amide bonds. The Morgan fingerprint density at radius 1 is 1.45 bits per heavy atom. The Morgan fingerprint density at radius 3 is 2.64 bits per heavy atom. The zero-order valence-electron chi connectivity index (χ0n) is 13.7. The van der Waals surface area contributed by atoms with E-state index in [1.165, 1.54) is 13.2 Å². The third kappa shape index (κ3) is 4.98. The maximum Gasteiger partial charge on any atom is 0.327 e. The van der Waals surface area contributed by atoms with E-state index in [9.17, 15) is 9.18 Å². The molecule has 4 nitrogen and oxygen atoms in total. The number of nitrogens with one attached hydrogen (secondary N) is 1. The Balaban J connectivity index is 2.99. The number of aliphatic imine (C=N–C) groups is 1. The van der Waals surface area contributed by atoms with E-state index in [1.54, 1.807) is 19.1 Å². The summed E-state index contributed by atoms with van der Waals surface area (Å²) in [5.41, 5.74) is 2.27. The number of methoxy groups -OCH3 is 1. The number of nitrogens with zero attached hydrogens (tertiary/aromatic N) is 1. The van der Waals surface area contributed by atoms with Gasteiger partial charge in [-0.3, -0.25) is 9.79 Å². The molecular formula is C17H23FN2O2. The number of rotatable bonds is 5. The molecule has 0 aliphatic rings. The van der Waals surface area contributed by atoms with E-state index in [0.29, 0.717) is 11.4 Å². The van der Waals surface area contributed by atoms with Gasteiger partial charge in [-0.1, -0.05) is 19.9 Å². The van der Waals surface area contributed by atoms with Crippen LogP contribution in [0.1, 0.15) is 31.9 Å². The van der Waals surface area contributed by atoms with Gasteiger partial charge < -0.3 is 10.1 Å². The van der Waals surface area contributed by atoms with Crippen LogP contribution in [0.25, 0.3) is 5.70 Å². The van der Waals surface area contributed by atoms with E-state index in [-0.39, 0.29) is 24.2 Å². The fourth-order valence-corrected chi connectivity index (χ4v) is 1.84. The first-order chi connectivity index (χ1) is 10.4. The number of hydrogen-bond donors (Lipinski definition) is 1. The number of allylic oxidation sites excluding steroid dienone is 1. The average molecular weight is 306 g/mol. The molecule has 1 aromatic carbocycles. The van der Waals surface area contributed by atoms with Crippen molar-refractivity contribution in [2.45, 2.75) is 27.7 Å². The molecule has 0 aliphatic heterocycles. The van der Waals surface area contributed by atoms with Gasteiger partial charge >= 0.3 is 5.97 Å². The zero-order valence-corrected chi connectivity index (χ0v) is 13.7. The monoisotopic (exact) mass is 306 g/mol. The first kappa shape index (κ1) is 17.9. The maximum absolute atomic E-state index is 13.4. The Morgan fingerprint density at radius 2 is 2.14 bits per heavy atom. The third-order valence-electron chi connectivity index (χ3n) is 3.17. The normalized spacial score (nSPS) is 12.5. The van der Waals surface area contributed by atoms with E-state index in [0.717, 1.165) is 11.3 Å². The van der Waals surface area contributed by atoms with E-state index < -0.39 is 0 Å². The number of benzene rings is 1. The van der Waals surface area contributed by atoms with Crippen LogP contribution < -0.4 is 5.32 Å². The second kappa shape index (κ2) is 8.32. The molecular weight excluding hydrogens is 283 g/mol. The third-order valence-corrected chi connectivity index (χ3v) is 3.17.